The van der Waals surface area contributed by atoms with E-state index in [1.54, 1.807) is 0 Å². The molecule has 1 rings (SSSR count). The maximum atomic E-state index is 4.30. The Morgan fingerprint density at radius 3 is 2.75 bits per heavy atom. The van der Waals surface area contributed by atoms with Gasteiger partial charge in [0.05, 0.1) is 0 Å². The third-order valence-electron chi connectivity index (χ3n) is 2.12. The van der Waals surface area contributed by atoms with E-state index in [4.69, 9.17) is 0 Å². The minimum absolute atomic E-state index is 0.499. The standard InChI is InChI=1S/C9H17N3/c1-5-7(2)10-9-6-8(3)12(4)11-9/h6-7H,5H2,1-4H3,(H,10,11). The largest absolute Gasteiger partial charge is 0.366 e. The lowest BCUT2D eigenvalue weighted by Crippen LogP contribution is -2.13. The molecule has 68 valence electrons. The molecule has 1 aromatic rings. The Morgan fingerprint density at radius 2 is 2.33 bits per heavy atom. The van der Waals surface area contributed by atoms with Gasteiger partial charge in [-0.15, -0.1) is 0 Å². The van der Waals surface area contributed by atoms with E-state index in [-0.39, 0.29) is 0 Å². The van der Waals surface area contributed by atoms with Gasteiger partial charge in [0, 0.05) is 24.8 Å². The highest BCUT2D eigenvalue weighted by Gasteiger charge is 2.02. The molecule has 0 radical (unpaired) electrons. The van der Waals surface area contributed by atoms with Gasteiger partial charge >= 0.3 is 0 Å². The monoisotopic (exact) mass is 167 g/mol. The molecule has 0 aliphatic heterocycles. The topological polar surface area (TPSA) is 29.9 Å². The van der Waals surface area contributed by atoms with Crippen molar-refractivity contribution < 1.29 is 0 Å². The Labute approximate surface area is 73.8 Å². The maximum absolute atomic E-state index is 4.30. The van der Waals surface area contributed by atoms with Crippen LogP contribution in [0.25, 0.3) is 0 Å². The lowest BCUT2D eigenvalue weighted by molar-refractivity contribution is 0.721. The zero-order valence-corrected chi connectivity index (χ0v) is 8.26. The lowest BCUT2D eigenvalue weighted by Gasteiger charge is -2.08. The van der Waals surface area contributed by atoms with E-state index < -0.39 is 0 Å². The molecule has 3 nitrogen and oxygen atoms in total. The normalized spacial score (nSPS) is 13.0. The van der Waals surface area contributed by atoms with Crippen molar-refractivity contribution in [1.82, 2.24) is 9.78 Å². The summed E-state index contributed by atoms with van der Waals surface area (Å²) in [5.41, 5.74) is 1.18. The zero-order valence-electron chi connectivity index (χ0n) is 8.26. The van der Waals surface area contributed by atoms with E-state index in [9.17, 15) is 0 Å². The molecule has 0 aromatic carbocycles. The van der Waals surface area contributed by atoms with Gasteiger partial charge in [0.15, 0.2) is 0 Å². The average molecular weight is 167 g/mol. The van der Waals surface area contributed by atoms with Gasteiger partial charge in [-0.05, 0) is 20.3 Å². The fourth-order valence-electron chi connectivity index (χ4n) is 0.986. The lowest BCUT2D eigenvalue weighted by atomic mass is 10.2. The number of aromatic nitrogens is 2. The molecule has 0 fully saturated rings. The van der Waals surface area contributed by atoms with Crippen molar-refractivity contribution in [2.24, 2.45) is 7.05 Å². The maximum Gasteiger partial charge on any atom is 0.148 e. The molecule has 0 saturated heterocycles. The van der Waals surface area contributed by atoms with E-state index in [1.807, 2.05) is 11.7 Å². The van der Waals surface area contributed by atoms with E-state index in [1.165, 1.54) is 5.69 Å². The van der Waals surface area contributed by atoms with Crippen LogP contribution in [0.2, 0.25) is 0 Å². The predicted octanol–water partition coefficient (Wildman–Crippen LogP) is 1.94. The van der Waals surface area contributed by atoms with E-state index in [0.29, 0.717) is 6.04 Å². The fraction of sp³-hybridized carbons (Fsp3) is 0.667. The SMILES string of the molecule is CCC(C)Nc1cc(C)n(C)n1. The van der Waals surface area contributed by atoms with Crippen LogP contribution in [0.3, 0.4) is 0 Å². The highest BCUT2D eigenvalue weighted by molar-refractivity contribution is 5.36. The molecular formula is C9H17N3. The molecular weight excluding hydrogens is 150 g/mol. The molecule has 0 spiro atoms. The Kier molecular flexibility index (Phi) is 2.74. The molecule has 1 atom stereocenters. The van der Waals surface area contributed by atoms with Gasteiger partial charge < -0.3 is 5.32 Å². The van der Waals surface area contributed by atoms with Crippen LogP contribution < -0.4 is 5.32 Å². The molecule has 0 aliphatic rings. The molecule has 0 amide bonds. The van der Waals surface area contributed by atoms with Gasteiger partial charge in [0.25, 0.3) is 0 Å². The van der Waals surface area contributed by atoms with Crippen molar-refractivity contribution in [2.45, 2.75) is 33.2 Å². The summed E-state index contributed by atoms with van der Waals surface area (Å²) < 4.78 is 1.88. The van der Waals surface area contributed by atoms with Gasteiger partial charge in [-0.3, -0.25) is 4.68 Å². The van der Waals surface area contributed by atoms with Crippen molar-refractivity contribution in [2.75, 3.05) is 5.32 Å². The fourth-order valence-corrected chi connectivity index (χ4v) is 0.986. The molecule has 12 heavy (non-hydrogen) atoms. The minimum Gasteiger partial charge on any atom is -0.366 e. The first-order valence-electron chi connectivity index (χ1n) is 4.40. The number of anilines is 1. The molecule has 1 N–H and O–H groups in total. The summed E-state index contributed by atoms with van der Waals surface area (Å²) in [7, 11) is 1.96. The van der Waals surface area contributed by atoms with Crippen molar-refractivity contribution in [3.8, 4) is 0 Å². The second kappa shape index (κ2) is 3.61. The van der Waals surface area contributed by atoms with Crippen LogP contribution in [0, 0.1) is 6.92 Å². The summed E-state index contributed by atoms with van der Waals surface area (Å²) in [5.74, 6) is 0.976. The summed E-state index contributed by atoms with van der Waals surface area (Å²) in [4.78, 5) is 0. The first-order chi connectivity index (χ1) is 5.63. The van der Waals surface area contributed by atoms with Crippen molar-refractivity contribution in [3.05, 3.63) is 11.8 Å². The van der Waals surface area contributed by atoms with Crippen LogP contribution >= 0.6 is 0 Å². The van der Waals surface area contributed by atoms with E-state index in [0.717, 1.165) is 12.2 Å². The van der Waals surface area contributed by atoms with Crippen molar-refractivity contribution >= 4 is 5.82 Å². The second-order valence-corrected chi connectivity index (χ2v) is 3.25. The quantitative estimate of drug-likeness (QED) is 0.745. The van der Waals surface area contributed by atoms with Crippen LogP contribution in [0.1, 0.15) is 26.0 Å². The van der Waals surface area contributed by atoms with Gasteiger partial charge in [-0.1, -0.05) is 6.92 Å². The first-order valence-corrected chi connectivity index (χ1v) is 4.40. The van der Waals surface area contributed by atoms with Crippen LogP contribution in [-0.2, 0) is 7.05 Å². The molecule has 0 saturated carbocycles. The Bertz CT molecular complexity index is 233. The van der Waals surface area contributed by atoms with Gasteiger partial charge in [-0.25, -0.2) is 0 Å². The Morgan fingerprint density at radius 1 is 1.67 bits per heavy atom. The smallest absolute Gasteiger partial charge is 0.148 e. The number of rotatable bonds is 3. The van der Waals surface area contributed by atoms with Crippen molar-refractivity contribution in [3.63, 3.8) is 0 Å². The molecule has 0 bridgehead atoms. The predicted molar refractivity (Wildman–Crippen MR) is 51.3 cm³/mol. The van der Waals surface area contributed by atoms with Crippen LogP contribution in [-0.4, -0.2) is 15.8 Å². The summed E-state index contributed by atoms with van der Waals surface area (Å²) >= 11 is 0. The van der Waals surface area contributed by atoms with Crippen LogP contribution in [0.15, 0.2) is 6.07 Å². The third kappa shape index (κ3) is 2.00. The van der Waals surface area contributed by atoms with Crippen LogP contribution in [0.4, 0.5) is 5.82 Å². The third-order valence-corrected chi connectivity index (χ3v) is 2.12. The van der Waals surface area contributed by atoms with Gasteiger partial charge in [0.1, 0.15) is 5.82 Å². The van der Waals surface area contributed by atoms with E-state index in [2.05, 4.69) is 37.3 Å². The highest BCUT2D eigenvalue weighted by Crippen LogP contribution is 2.08. The summed E-state index contributed by atoms with van der Waals surface area (Å²) in [6, 6.07) is 2.56. The molecule has 0 aliphatic carbocycles. The Hall–Kier alpha value is -0.990. The number of aryl methyl sites for hydroxylation is 2. The first kappa shape index (κ1) is 9.10. The highest BCUT2D eigenvalue weighted by atomic mass is 15.3. The van der Waals surface area contributed by atoms with E-state index >= 15 is 0 Å². The number of hydrogen-bond donors (Lipinski definition) is 1. The number of nitrogens with zero attached hydrogens (tertiary/aromatic N) is 2. The van der Waals surface area contributed by atoms with Gasteiger partial charge in [-0.2, -0.15) is 5.10 Å². The summed E-state index contributed by atoms with van der Waals surface area (Å²) in [6.07, 6.45) is 1.12. The Balaban J connectivity index is 2.64. The molecule has 1 unspecified atom stereocenters. The second-order valence-electron chi connectivity index (χ2n) is 3.25. The van der Waals surface area contributed by atoms with Crippen LogP contribution in [0.5, 0.6) is 0 Å². The average Bonchev–Trinajstić information content (AvgIpc) is 2.31. The molecule has 1 aromatic heterocycles. The van der Waals surface area contributed by atoms with Crippen molar-refractivity contribution in [1.29, 1.82) is 0 Å². The number of nitrogens with one attached hydrogen (secondary N) is 1. The van der Waals surface area contributed by atoms with Gasteiger partial charge in [0.2, 0.25) is 0 Å². The zero-order chi connectivity index (χ0) is 9.14. The summed E-state index contributed by atoms with van der Waals surface area (Å²) in [5, 5.41) is 7.62. The summed E-state index contributed by atoms with van der Waals surface area (Å²) in [6.45, 7) is 6.37. The molecule has 3 heteroatoms. The number of hydrogen-bond acceptors (Lipinski definition) is 2. The minimum atomic E-state index is 0.499. The molecule has 1 heterocycles.